The average molecular weight is 402 g/mol. The van der Waals surface area contributed by atoms with Crippen LogP contribution in [-0.4, -0.2) is 32.9 Å². The van der Waals surface area contributed by atoms with Gasteiger partial charge in [-0.15, -0.1) is 0 Å². The highest BCUT2D eigenvalue weighted by atomic mass is 35.5. The summed E-state index contributed by atoms with van der Waals surface area (Å²) in [5.41, 5.74) is -0.283. The second-order valence-electron chi connectivity index (χ2n) is 7.51. The highest BCUT2D eigenvalue weighted by Crippen LogP contribution is 2.43. The van der Waals surface area contributed by atoms with Crippen molar-refractivity contribution in [2.24, 2.45) is 5.41 Å². The number of nitrogens with one attached hydrogen (secondary N) is 2. The summed E-state index contributed by atoms with van der Waals surface area (Å²) in [6.07, 6.45) is -3.19. The Morgan fingerprint density at radius 1 is 1.37 bits per heavy atom. The van der Waals surface area contributed by atoms with Crippen molar-refractivity contribution in [1.29, 1.82) is 0 Å². The molecule has 6 nitrogen and oxygen atoms in total. The van der Waals surface area contributed by atoms with Gasteiger partial charge in [-0.25, -0.2) is 9.67 Å². The number of nitrogens with zero attached hydrogens (tertiary/aromatic N) is 3. The largest absolute Gasteiger partial charge is 0.410 e. The molecule has 0 spiro atoms. The lowest BCUT2D eigenvalue weighted by Gasteiger charge is -2.39. The van der Waals surface area contributed by atoms with E-state index in [-0.39, 0.29) is 28.8 Å². The molecular formula is C17H19ClF3N5O. The molecule has 0 saturated carbocycles. The van der Waals surface area contributed by atoms with Crippen LogP contribution in [0.3, 0.4) is 0 Å². The smallest absolute Gasteiger partial charge is 0.367 e. The predicted octanol–water partition coefficient (Wildman–Crippen LogP) is 4.52. The van der Waals surface area contributed by atoms with Gasteiger partial charge in [-0.2, -0.15) is 18.3 Å². The molecular weight excluding hydrogens is 383 g/mol. The maximum atomic E-state index is 13.6. The Bertz CT molecular complexity index is 859. The second-order valence-corrected chi connectivity index (χ2v) is 7.87. The lowest BCUT2D eigenvalue weighted by atomic mass is 9.82. The number of aromatic nitrogens is 3. The summed E-state index contributed by atoms with van der Waals surface area (Å²) in [5, 5.41) is 9.56. The van der Waals surface area contributed by atoms with Crippen molar-refractivity contribution in [3.63, 3.8) is 0 Å². The number of hydrogen-bond acceptors (Lipinski definition) is 4. The Balaban J connectivity index is 1.92. The maximum Gasteiger partial charge on any atom is 0.410 e. The van der Waals surface area contributed by atoms with E-state index in [0.717, 1.165) is 4.68 Å². The first-order valence-corrected chi connectivity index (χ1v) is 8.69. The van der Waals surface area contributed by atoms with Crippen LogP contribution in [0.1, 0.15) is 43.7 Å². The summed E-state index contributed by atoms with van der Waals surface area (Å²) < 4.78 is 41.6. The summed E-state index contributed by atoms with van der Waals surface area (Å²) in [7, 11) is 0. The van der Waals surface area contributed by atoms with Gasteiger partial charge in [0.2, 0.25) is 0 Å². The number of amides is 1. The van der Waals surface area contributed by atoms with Crippen LogP contribution in [0.15, 0.2) is 24.4 Å². The molecule has 1 aliphatic heterocycles. The van der Waals surface area contributed by atoms with Gasteiger partial charge in [-0.05, 0) is 24.0 Å². The Hall–Kier alpha value is -2.29. The molecule has 0 saturated heterocycles. The summed E-state index contributed by atoms with van der Waals surface area (Å²) in [4.78, 5) is 16.3. The minimum absolute atomic E-state index is 0.0777. The number of rotatable bonds is 2. The molecule has 1 amide bonds. The third-order valence-corrected chi connectivity index (χ3v) is 4.78. The fraction of sp³-hybridized carbons (Fsp3) is 0.471. The van der Waals surface area contributed by atoms with E-state index in [9.17, 15) is 18.0 Å². The number of hydrogen-bond donors (Lipinski definition) is 2. The number of carbonyl (C=O) groups excluding carboxylic acids is 1. The first kappa shape index (κ1) is 19.5. The summed E-state index contributed by atoms with van der Waals surface area (Å²) in [5.74, 6) is -0.507. The van der Waals surface area contributed by atoms with Crippen molar-refractivity contribution in [2.75, 3.05) is 10.6 Å². The lowest BCUT2D eigenvalue weighted by Crippen LogP contribution is -2.44. The van der Waals surface area contributed by atoms with Crippen LogP contribution in [0.4, 0.5) is 24.7 Å². The van der Waals surface area contributed by atoms with Crippen molar-refractivity contribution in [3.05, 3.63) is 35.2 Å². The van der Waals surface area contributed by atoms with Crippen molar-refractivity contribution in [2.45, 2.75) is 45.5 Å². The van der Waals surface area contributed by atoms with Crippen LogP contribution in [0.2, 0.25) is 5.15 Å². The molecule has 0 aromatic carbocycles. The zero-order valence-electron chi connectivity index (χ0n) is 14.9. The van der Waals surface area contributed by atoms with Crippen LogP contribution in [0, 0.1) is 5.41 Å². The van der Waals surface area contributed by atoms with Crippen LogP contribution in [0.25, 0.3) is 0 Å². The maximum absolute atomic E-state index is 13.6. The fourth-order valence-electron chi connectivity index (χ4n) is 2.92. The van der Waals surface area contributed by atoms with Gasteiger partial charge in [0.05, 0.1) is 5.69 Å². The molecule has 0 bridgehead atoms. The normalized spacial score (nSPS) is 20.0. The monoisotopic (exact) mass is 401 g/mol. The molecule has 0 fully saturated rings. The van der Waals surface area contributed by atoms with Crippen LogP contribution in [0.5, 0.6) is 0 Å². The van der Waals surface area contributed by atoms with E-state index in [1.165, 1.54) is 18.3 Å². The molecule has 2 aromatic heterocycles. The molecule has 2 atom stereocenters. The number of alkyl halides is 3. The van der Waals surface area contributed by atoms with Crippen molar-refractivity contribution < 1.29 is 18.0 Å². The molecule has 1 aliphatic rings. The summed E-state index contributed by atoms with van der Waals surface area (Å²) in [6.45, 7) is 5.59. The average Bonchev–Trinajstić information content (AvgIpc) is 2.98. The van der Waals surface area contributed by atoms with E-state index in [1.54, 1.807) is 6.07 Å². The molecule has 27 heavy (non-hydrogen) atoms. The van der Waals surface area contributed by atoms with Gasteiger partial charge in [0.1, 0.15) is 5.82 Å². The van der Waals surface area contributed by atoms with E-state index in [2.05, 4.69) is 20.7 Å². The minimum atomic E-state index is -4.48. The number of carbonyl (C=O) groups is 1. The Morgan fingerprint density at radius 3 is 2.67 bits per heavy atom. The Labute approximate surface area is 159 Å². The molecule has 3 heterocycles. The standard InChI is InChI=1S/C17H19ClF3N5O/c1-16(2,3)11-8-12(17(19,20)21)26-13(24-11)7-10(25-26)15(27)23-9-5-4-6-22-14(9)18/h4-7,11-12,24H,8H2,1-3H3,(H,23,27)/t11-,12+/m1/s1. The number of pyridine rings is 1. The highest BCUT2D eigenvalue weighted by Gasteiger charge is 2.48. The topological polar surface area (TPSA) is 71.8 Å². The van der Waals surface area contributed by atoms with E-state index >= 15 is 0 Å². The number of anilines is 2. The van der Waals surface area contributed by atoms with E-state index in [0.29, 0.717) is 0 Å². The Kier molecular flexibility index (Phi) is 4.83. The molecule has 2 N–H and O–H groups in total. The van der Waals surface area contributed by atoms with Gasteiger partial charge >= 0.3 is 6.18 Å². The molecule has 3 rings (SSSR count). The first-order valence-electron chi connectivity index (χ1n) is 8.31. The van der Waals surface area contributed by atoms with Gasteiger partial charge in [-0.3, -0.25) is 4.79 Å². The molecule has 2 aromatic rings. The number of fused-ring (bicyclic) bond motifs is 1. The SMILES string of the molecule is CC(C)(C)[C@H]1C[C@@H](C(F)(F)F)n2nc(C(=O)Nc3cccnc3Cl)cc2N1. The summed E-state index contributed by atoms with van der Waals surface area (Å²) in [6, 6.07) is 2.21. The van der Waals surface area contributed by atoms with Crippen molar-refractivity contribution in [1.82, 2.24) is 14.8 Å². The third kappa shape index (κ3) is 4.02. The zero-order valence-corrected chi connectivity index (χ0v) is 15.7. The highest BCUT2D eigenvalue weighted by molar-refractivity contribution is 6.32. The van der Waals surface area contributed by atoms with Gasteiger partial charge in [-0.1, -0.05) is 32.4 Å². The number of halogens is 4. The predicted molar refractivity (Wildman–Crippen MR) is 96.0 cm³/mol. The van der Waals surface area contributed by atoms with Gasteiger partial charge in [0, 0.05) is 18.3 Å². The van der Waals surface area contributed by atoms with E-state index in [4.69, 9.17) is 11.6 Å². The molecule has 146 valence electrons. The lowest BCUT2D eigenvalue weighted by molar-refractivity contribution is -0.175. The van der Waals surface area contributed by atoms with Gasteiger partial charge < -0.3 is 10.6 Å². The summed E-state index contributed by atoms with van der Waals surface area (Å²) >= 11 is 5.90. The van der Waals surface area contributed by atoms with Crippen LogP contribution < -0.4 is 10.6 Å². The van der Waals surface area contributed by atoms with Crippen molar-refractivity contribution in [3.8, 4) is 0 Å². The first-order chi connectivity index (χ1) is 12.5. The fourth-order valence-corrected chi connectivity index (χ4v) is 3.09. The molecule has 0 unspecified atom stereocenters. The van der Waals surface area contributed by atoms with Gasteiger partial charge in [0.25, 0.3) is 5.91 Å². The molecule has 0 radical (unpaired) electrons. The molecule has 0 aliphatic carbocycles. The van der Waals surface area contributed by atoms with Gasteiger partial charge in [0.15, 0.2) is 16.9 Å². The Morgan fingerprint density at radius 2 is 2.07 bits per heavy atom. The van der Waals surface area contributed by atoms with E-state index in [1.807, 2.05) is 20.8 Å². The zero-order chi connectivity index (χ0) is 20.0. The quantitative estimate of drug-likeness (QED) is 0.726. The minimum Gasteiger partial charge on any atom is -0.367 e. The van der Waals surface area contributed by atoms with E-state index < -0.39 is 29.6 Å². The van der Waals surface area contributed by atoms with Crippen LogP contribution in [-0.2, 0) is 0 Å². The van der Waals surface area contributed by atoms with Crippen LogP contribution >= 0.6 is 11.6 Å². The third-order valence-electron chi connectivity index (χ3n) is 4.48. The van der Waals surface area contributed by atoms with Crippen molar-refractivity contribution >= 4 is 29.0 Å². The molecule has 10 heteroatoms. The second kappa shape index (κ2) is 6.70.